The quantitative estimate of drug-likeness (QED) is 0.789. The molecular weight excluding hydrogens is 299 g/mol. The lowest BCUT2D eigenvalue weighted by molar-refractivity contribution is 0.382. The zero-order valence-corrected chi connectivity index (χ0v) is 12.2. The molecule has 8 nitrogen and oxygen atoms in total. The first kappa shape index (κ1) is 15.2. The summed E-state index contributed by atoms with van der Waals surface area (Å²) in [6, 6.07) is 5.39. The van der Waals surface area contributed by atoms with E-state index in [0.717, 1.165) is 0 Å². The highest BCUT2D eigenvalue weighted by atomic mass is 31.2. The van der Waals surface area contributed by atoms with Crippen LogP contribution in [0.5, 0.6) is 23.3 Å². The van der Waals surface area contributed by atoms with Gasteiger partial charge >= 0.3 is 7.60 Å². The number of hydrogen-bond donors (Lipinski definition) is 2. The van der Waals surface area contributed by atoms with Gasteiger partial charge in [-0.1, -0.05) is 0 Å². The second-order valence-electron chi connectivity index (χ2n) is 3.91. The summed E-state index contributed by atoms with van der Waals surface area (Å²) in [5.74, 6) is 0.908. The van der Waals surface area contributed by atoms with Gasteiger partial charge < -0.3 is 24.0 Å². The SMILES string of the molecule is COc1cc(Oc2cc(OC)ncn2)cc(P(=O)(O)O)c1. The zero-order chi connectivity index (χ0) is 15.5. The summed E-state index contributed by atoms with van der Waals surface area (Å²) in [4.78, 5) is 26.2. The molecule has 0 radical (unpaired) electrons. The van der Waals surface area contributed by atoms with E-state index in [2.05, 4.69) is 9.97 Å². The van der Waals surface area contributed by atoms with Gasteiger partial charge in [-0.05, 0) is 12.1 Å². The highest BCUT2D eigenvalue weighted by Crippen LogP contribution is 2.37. The normalized spacial score (nSPS) is 11.0. The zero-order valence-electron chi connectivity index (χ0n) is 11.3. The molecule has 112 valence electrons. The molecule has 21 heavy (non-hydrogen) atoms. The molecule has 0 saturated heterocycles. The molecule has 1 heterocycles. The Kier molecular flexibility index (Phi) is 4.42. The molecule has 0 bridgehead atoms. The minimum absolute atomic E-state index is 0.173. The van der Waals surface area contributed by atoms with Gasteiger partial charge in [0.2, 0.25) is 11.8 Å². The number of hydrogen-bond acceptors (Lipinski definition) is 6. The molecule has 0 amide bonds. The fraction of sp³-hybridized carbons (Fsp3) is 0.167. The lowest BCUT2D eigenvalue weighted by atomic mass is 10.3. The Morgan fingerprint density at radius 2 is 1.62 bits per heavy atom. The molecule has 0 unspecified atom stereocenters. The smallest absolute Gasteiger partial charge is 0.356 e. The van der Waals surface area contributed by atoms with Crippen LogP contribution in [0.1, 0.15) is 0 Å². The number of nitrogens with zero attached hydrogens (tertiary/aromatic N) is 2. The minimum Gasteiger partial charge on any atom is -0.497 e. The molecule has 2 N–H and O–H groups in total. The van der Waals surface area contributed by atoms with E-state index >= 15 is 0 Å². The van der Waals surface area contributed by atoms with E-state index in [1.807, 2.05) is 0 Å². The third-order valence-electron chi connectivity index (χ3n) is 2.49. The van der Waals surface area contributed by atoms with Crippen LogP contribution in [0.25, 0.3) is 0 Å². The predicted molar refractivity (Wildman–Crippen MR) is 73.3 cm³/mol. The first-order valence-electron chi connectivity index (χ1n) is 5.71. The van der Waals surface area contributed by atoms with Crippen molar-refractivity contribution in [2.24, 2.45) is 0 Å². The highest BCUT2D eigenvalue weighted by Gasteiger charge is 2.19. The van der Waals surface area contributed by atoms with Crippen molar-refractivity contribution in [1.82, 2.24) is 9.97 Å². The molecule has 0 spiro atoms. The molecule has 1 aromatic carbocycles. The Labute approximate surface area is 120 Å². The molecule has 2 aromatic rings. The van der Waals surface area contributed by atoms with Crippen molar-refractivity contribution in [1.29, 1.82) is 0 Å². The van der Waals surface area contributed by atoms with E-state index in [9.17, 15) is 14.4 Å². The van der Waals surface area contributed by atoms with Gasteiger partial charge in [-0.2, -0.15) is 0 Å². The molecule has 0 aliphatic heterocycles. The number of ether oxygens (including phenoxy) is 3. The van der Waals surface area contributed by atoms with Crippen molar-refractivity contribution >= 4 is 12.9 Å². The van der Waals surface area contributed by atoms with Crippen molar-refractivity contribution in [3.63, 3.8) is 0 Å². The summed E-state index contributed by atoms with van der Waals surface area (Å²) in [6.45, 7) is 0. The van der Waals surface area contributed by atoms with E-state index in [4.69, 9.17) is 14.2 Å². The molecule has 0 fully saturated rings. The van der Waals surface area contributed by atoms with Gasteiger partial charge in [0.15, 0.2) is 0 Å². The van der Waals surface area contributed by atoms with Crippen molar-refractivity contribution in [2.75, 3.05) is 14.2 Å². The Morgan fingerprint density at radius 3 is 2.24 bits per heavy atom. The van der Waals surface area contributed by atoms with Crippen LogP contribution in [0, 0.1) is 0 Å². The van der Waals surface area contributed by atoms with Crippen LogP contribution in [0.3, 0.4) is 0 Å². The van der Waals surface area contributed by atoms with Crippen LogP contribution in [-0.2, 0) is 4.57 Å². The van der Waals surface area contributed by atoms with Crippen LogP contribution in [0.15, 0.2) is 30.6 Å². The van der Waals surface area contributed by atoms with Gasteiger partial charge in [0.25, 0.3) is 0 Å². The van der Waals surface area contributed by atoms with Crippen LogP contribution < -0.4 is 19.5 Å². The predicted octanol–water partition coefficient (Wildman–Crippen LogP) is 1.09. The van der Waals surface area contributed by atoms with E-state index in [1.54, 1.807) is 0 Å². The molecule has 0 saturated carbocycles. The minimum atomic E-state index is -4.42. The van der Waals surface area contributed by atoms with E-state index in [0.29, 0.717) is 5.88 Å². The fourth-order valence-corrected chi connectivity index (χ4v) is 2.10. The molecular formula is C12H13N2O6P. The summed E-state index contributed by atoms with van der Waals surface area (Å²) in [7, 11) is -1.59. The molecule has 0 aliphatic rings. The monoisotopic (exact) mass is 312 g/mol. The average Bonchev–Trinajstić information content (AvgIpc) is 2.46. The third-order valence-corrected chi connectivity index (χ3v) is 3.42. The number of benzene rings is 1. The summed E-state index contributed by atoms with van der Waals surface area (Å²) >= 11 is 0. The van der Waals surface area contributed by atoms with E-state index in [-0.39, 0.29) is 22.7 Å². The van der Waals surface area contributed by atoms with Crippen LogP contribution in [0.2, 0.25) is 0 Å². The third kappa shape index (κ3) is 3.91. The van der Waals surface area contributed by atoms with Gasteiger partial charge in [-0.15, -0.1) is 0 Å². The Bertz CT molecular complexity index is 687. The van der Waals surface area contributed by atoms with Gasteiger partial charge in [0.1, 0.15) is 17.8 Å². The summed E-state index contributed by atoms with van der Waals surface area (Å²) < 4.78 is 26.7. The van der Waals surface area contributed by atoms with Crippen molar-refractivity contribution < 1.29 is 28.6 Å². The Morgan fingerprint density at radius 1 is 0.952 bits per heavy atom. The lowest BCUT2D eigenvalue weighted by Gasteiger charge is -2.11. The molecule has 2 rings (SSSR count). The van der Waals surface area contributed by atoms with Gasteiger partial charge in [-0.3, -0.25) is 4.57 Å². The average molecular weight is 312 g/mol. The first-order chi connectivity index (χ1) is 9.92. The molecule has 0 atom stereocenters. The van der Waals surface area contributed by atoms with Crippen LogP contribution in [-0.4, -0.2) is 34.0 Å². The summed E-state index contributed by atoms with van der Waals surface area (Å²) in [5, 5.41) is -0.210. The number of rotatable bonds is 5. The lowest BCUT2D eigenvalue weighted by Crippen LogP contribution is -2.05. The van der Waals surface area contributed by atoms with Crippen molar-refractivity contribution in [2.45, 2.75) is 0 Å². The van der Waals surface area contributed by atoms with Gasteiger partial charge in [0, 0.05) is 6.07 Å². The second-order valence-corrected chi connectivity index (χ2v) is 5.52. The van der Waals surface area contributed by atoms with Gasteiger partial charge in [-0.25, -0.2) is 9.97 Å². The number of methoxy groups -OCH3 is 2. The first-order valence-corrected chi connectivity index (χ1v) is 7.32. The standard InChI is InChI=1S/C12H13N2O6P/c1-18-8-3-9(5-10(4-8)21(15,16)17)20-12-6-11(19-2)13-7-14-12/h3-7H,1-2H3,(H2,15,16,17). The summed E-state index contributed by atoms with van der Waals surface area (Å²) in [5.41, 5.74) is 0. The number of aromatic nitrogens is 2. The molecule has 9 heteroatoms. The maximum Gasteiger partial charge on any atom is 0.356 e. The fourth-order valence-electron chi connectivity index (χ4n) is 1.51. The second kappa shape index (κ2) is 6.09. The topological polar surface area (TPSA) is 111 Å². The maximum absolute atomic E-state index is 11.3. The van der Waals surface area contributed by atoms with E-state index < -0.39 is 7.60 Å². The van der Waals surface area contributed by atoms with Crippen molar-refractivity contribution in [3.8, 4) is 23.3 Å². The van der Waals surface area contributed by atoms with E-state index in [1.165, 1.54) is 44.8 Å². The van der Waals surface area contributed by atoms with Crippen LogP contribution >= 0.6 is 7.60 Å². The van der Waals surface area contributed by atoms with Gasteiger partial charge in [0.05, 0.1) is 25.6 Å². The Hall–Kier alpha value is -2.15. The molecule has 1 aromatic heterocycles. The largest absolute Gasteiger partial charge is 0.497 e. The Balaban J connectivity index is 2.36. The highest BCUT2D eigenvalue weighted by molar-refractivity contribution is 7.60. The maximum atomic E-state index is 11.3. The summed E-state index contributed by atoms with van der Waals surface area (Å²) in [6.07, 6.45) is 1.25. The van der Waals surface area contributed by atoms with Crippen LogP contribution in [0.4, 0.5) is 0 Å². The van der Waals surface area contributed by atoms with Crippen molar-refractivity contribution in [3.05, 3.63) is 30.6 Å². The molecule has 0 aliphatic carbocycles.